The summed E-state index contributed by atoms with van der Waals surface area (Å²) in [6.45, 7) is 3.97. The van der Waals surface area contributed by atoms with Crippen LogP contribution in [-0.2, 0) is 23.6 Å². The van der Waals surface area contributed by atoms with Gasteiger partial charge in [0.15, 0.2) is 0 Å². The quantitative estimate of drug-likeness (QED) is 0.873. The van der Waals surface area contributed by atoms with Gasteiger partial charge in [-0.05, 0) is 37.1 Å². The number of halogens is 2. The first-order valence-corrected chi connectivity index (χ1v) is 7.88. The van der Waals surface area contributed by atoms with Crippen molar-refractivity contribution in [2.45, 2.75) is 32.7 Å². The number of benzene rings is 1. The van der Waals surface area contributed by atoms with Gasteiger partial charge in [0.05, 0.1) is 18.5 Å². The second-order valence-electron chi connectivity index (χ2n) is 5.77. The summed E-state index contributed by atoms with van der Waals surface area (Å²) in [7, 11) is 0. The van der Waals surface area contributed by atoms with E-state index in [1.807, 2.05) is 12.1 Å². The predicted molar refractivity (Wildman–Crippen MR) is 84.5 cm³/mol. The van der Waals surface area contributed by atoms with Crippen molar-refractivity contribution in [1.82, 2.24) is 15.1 Å². The number of fused-ring (bicyclic) bond motifs is 1. The zero-order chi connectivity index (χ0) is 17.3. The number of carbonyl (C=O) groups is 1. The van der Waals surface area contributed by atoms with Crippen molar-refractivity contribution in [3.05, 3.63) is 46.8 Å². The van der Waals surface area contributed by atoms with Gasteiger partial charge in [-0.3, -0.25) is 0 Å². The average molecular weight is 335 g/mol. The Hall–Kier alpha value is -2.28. The third-order valence-electron chi connectivity index (χ3n) is 4.02. The number of ether oxygens (including phenoxy) is 1. The van der Waals surface area contributed by atoms with Gasteiger partial charge in [0, 0.05) is 13.5 Å². The molecule has 1 aliphatic rings. The SMILES string of the molecule is CCOC(=O)c1cnn(-c2cccc3c2CCNC3)c1C(C)(F)F. The number of rotatable bonds is 4. The van der Waals surface area contributed by atoms with Crippen molar-refractivity contribution in [3.63, 3.8) is 0 Å². The minimum atomic E-state index is -3.23. The summed E-state index contributed by atoms with van der Waals surface area (Å²) < 4.78 is 34.6. The van der Waals surface area contributed by atoms with Crippen LogP contribution in [0.4, 0.5) is 8.78 Å². The summed E-state index contributed by atoms with van der Waals surface area (Å²) in [5, 5.41) is 7.33. The van der Waals surface area contributed by atoms with Crippen LogP contribution >= 0.6 is 0 Å². The molecule has 0 fully saturated rings. The molecule has 0 bridgehead atoms. The lowest BCUT2D eigenvalue weighted by Gasteiger charge is -2.22. The van der Waals surface area contributed by atoms with Crippen molar-refractivity contribution < 1.29 is 18.3 Å². The molecule has 0 unspecified atom stereocenters. The molecule has 0 atom stereocenters. The van der Waals surface area contributed by atoms with Gasteiger partial charge in [-0.1, -0.05) is 12.1 Å². The van der Waals surface area contributed by atoms with Gasteiger partial charge in [0.25, 0.3) is 5.92 Å². The molecule has 24 heavy (non-hydrogen) atoms. The van der Waals surface area contributed by atoms with E-state index in [9.17, 15) is 13.6 Å². The van der Waals surface area contributed by atoms with Gasteiger partial charge in [0.2, 0.25) is 0 Å². The Morgan fingerprint density at radius 1 is 1.46 bits per heavy atom. The standard InChI is InChI=1S/C17H19F2N3O2/c1-3-24-16(23)13-10-21-22(15(13)17(2,18)19)14-6-4-5-11-9-20-8-7-12(11)14/h4-6,10,20H,3,7-9H2,1-2H3. The normalized spacial score (nSPS) is 14.3. The topological polar surface area (TPSA) is 56.1 Å². The Balaban J connectivity index is 2.18. The summed E-state index contributed by atoms with van der Waals surface area (Å²) in [4.78, 5) is 12.0. The van der Waals surface area contributed by atoms with Crippen LogP contribution in [0.25, 0.3) is 5.69 Å². The molecule has 0 amide bonds. The lowest BCUT2D eigenvalue weighted by atomic mass is 9.98. The maximum absolute atomic E-state index is 14.2. The van der Waals surface area contributed by atoms with Crippen LogP contribution in [0.1, 0.15) is 41.0 Å². The molecule has 1 aromatic carbocycles. The maximum Gasteiger partial charge on any atom is 0.341 e. The Kier molecular flexibility index (Phi) is 4.36. The van der Waals surface area contributed by atoms with Crippen molar-refractivity contribution >= 4 is 5.97 Å². The highest BCUT2D eigenvalue weighted by Gasteiger charge is 2.36. The molecule has 0 aliphatic carbocycles. The maximum atomic E-state index is 14.2. The third kappa shape index (κ3) is 2.91. The van der Waals surface area contributed by atoms with E-state index < -0.39 is 17.6 Å². The van der Waals surface area contributed by atoms with Gasteiger partial charge in [-0.15, -0.1) is 0 Å². The van der Waals surface area contributed by atoms with Gasteiger partial charge in [-0.2, -0.15) is 13.9 Å². The average Bonchev–Trinajstić information content (AvgIpc) is 3.00. The molecule has 1 aromatic heterocycles. The Labute approximate surface area is 138 Å². The van der Waals surface area contributed by atoms with Crippen LogP contribution in [0, 0.1) is 0 Å². The summed E-state index contributed by atoms with van der Waals surface area (Å²) in [6.07, 6.45) is 1.88. The predicted octanol–water partition coefficient (Wildman–Crippen LogP) is 2.81. The number of alkyl halides is 2. The van der Waals surface area contributed by atoms with Crippen LogP contribution in [0.2, 0.25) is 0 Å². The minimum Gasteiger partial charge on any atom is -0.462 e. The van der Waals surface area contributed by atoms with Crippen LogP contribution < -0.4 is 5.32 Å². The molecule has 5 nitrogen and oxygen atoms in total. The molecule has 2 heterocycles. The first kappa shape index (κ1) is 16.6. The first-order valence-electron chi connectivity index (χ1n) is 7.88. The summed E-state index contributed by atoms with van der Waals surface area (Å²) in [5.74, 6) is -4.01. The molecule has 7 heteroatoms. The van der Waals surface area contributed by atoms with Gasteiger partial charge in [0.1, 0.15) is 11.3 Å². The number of hydrogen-bond donors (Lipinski definition) is 1. The monoisotopic (exact) mass is 335 g/mol. The zero-order valence-corrected chi connectivity index (χ0v) is 13.6. The van der Waals surface area contributed by atoms with Crippen molar-refractivity contribution in [2.24, 2.45) is 0 Å². The Bertz CT molecular complexity index is 766. The van der Waals surface area contributed by atoms with E-state index >= 15 is 0 Å². The number of hydrogen-bond acceptors (Lipinski definition) is 4. The number of aromatic nitrogens is 2. The highest BCUT2D eigenvalue weighted by Crippen LogP contribution is 2.34. The largest absolute Gasteiger partial charge is 0.462 e. The second-order valence-corrected chi connectivity index (χ2v) is 5.77. The molecular formula is C17H19F2N3O2. The lowest BCUT2D eigenvalue weighted by Crippen LogP contribution is -2.26. The van der Waals surface area contributed by atoms with Gasteiger partial charge in [-0.25, -0.2) is 9.48 Å². The van der Waals surface area contributed by atoms with Crippen LogP contribution in [-0.4, -0.2) is 28.9 Å². The first-order chi connectivity index (χ1) is 11.4. The fourth-order valence-electron chi connectivity index (χ4n) is 3.02. The molecule has 0 saturated heterocycles. The molecule has 2 aromatic rings. The summed E-state index contributed by atoms with van der Waals surface area (Å²) in [5.41, 5.74) is 1.97. The van der Waals surface area contributed by atoms with Crippen LogP contribution in [0.5, 0.6) is 0 Å². The van der Waals surface area contributed by atoms with E-state index in [1.165, 1.54) is 4.68 Å². The number of nitrogens with one attached hydrogen (secondary N) is 1. The van der Waals surface area contributed by atoms with E-state index in [1.54, 1.807) is 13.0 Å². The summed E-state index contributed by atoms with van der Waals surface area (Å²) >= 11 is 0. The molecular weight excluding hydrogens is 316 g/mol. The lowest BCUT2D eigenvalue weighted by molar-refractivity contribution is 0.00751. The van der Waals surface area contributed by atoms with E-state index in [0.29, 0.717) is 12.2 Å². The van der Waals surface area contributed by atoms with E-state index in [4.69, 9.17) is 4.74 Å². The van der Waals surface area contributed by atoms with E-state index in [-0.39, 0.29) is 12.2 Å². The number of carbonyl (C=O) groups excluding carboxylic acids is 1. The Morgan fingerprint density at radius 3 is 2.96 bits per heavy atom. The summed E-state index contributed by atoms with van der Waals surface area (Å²) in [6, 6.07) is 5.52. The molecule has 0 saturated carbocycles. The Morgan fingerprint density at radius 2 is 2.25 bits per heavy atom. The fraction of sp³-hybridized carbons (Fsp3) is 0.412. The van der Waals surface area contributed by atoms with E-state index in [0.717, 1.165) is 37.2 Å². The van der Waals surface area contributed by atoms with Crippen molar-refractivity contribution in [2.75, 3.05) is 13.2 Å². The fourth-order valence-corrected chi connectivity index (χ4v) is 3.02. The molecule has 1 aliphatic heterocycles. The molecule has 0 spiro atoms. The third-order valence-corrected chi connectivity index (χ3v) is 4.02. The van der Waals surface area contributed by atoms with Crippen LogP contribution in [0.15, 0.2) is 24.4 Å². The van der Waals surface area contributed by atoms with E-state index in [2.05, 4.69) is 10.4 Å². The highest BCUT2D eigenvalue weighted by molar-refractivity contribution is 5.91. The minimum absolute atomic E-state index is 0.116. The zero-order valence-electron chi connectivity index (χ0n) is 13.6. The molecule has 128 valence electrons. The van der Waals surface area contributed by atoms with Crippen molar-refractivity contribution in [1.29, 1.82) is 0 Å². The van der Waals surface area contributed by atoms with Gasteiger partial charge >= 0.3 is 5.97 Å². The smallest absolute Gasteiger partial charge is 0.341 e. The number of esters is 1. The second kappa shape index (κ2) is 6.32. The highest BCUT2D eigenvalue weighted by atomic mass is 19.3. The number of nitrogens with zero attached hydrogens (tertiary/aromatic N) is 2. The van der Waals surface area contributed by atoms with Gasteiger partial charge < -0.3 is 10.1 Å². The van der Waals surface area contributed by atoms with Crippen LogP contribution in [0.3, 0.4) is 0 Å². The molecule has 0 radical (unpaired) electrons. The van der Waals surface area contributed by atoms with Crippen molar-refractivity contribution in [3.8, 4) is 5.69 Å². The molecule has 3 rings (SSSR count). The molecule has 1 N–H and O–H groups in total.